The van der Waals surface area contributed by atoms with Gasteiger partial charge in [-0.2, -0.15) is 4.98 Å². The van der Waals surface area contributed by atoms with Crippen LogP contribution in [0.3, 0.4) is 0 Å². The monoisotopic (exact) mass is 370 g/mol. The van der Waals surface area contributed by atoms with Gasteiger partial charge in [0.25, 0.3) is 0 Å². The number of nitrogens with one attached hydrogen (secondary N) is 1. The molecule has 1 saturated carbocycles. The zero-order chi connectivity index (χ0) is 16.1. The fourth-order valence-corrected chi connectivity index (χ4v) is 3.69. The largest absolute Gasteiger partial charge is 0.353 e. The molecule has 0 saturated heterocycles. The molecule has 3 rings (SSSR count). The Hall–Kier alpha value is -1.44. The van der Waals surface area contributed by atoms with E-state index in [0.717, 1.165) is 24.1 Å². The summed E-state index contributed by atoms with van der Waals surface area (Å²) < 4.78 is 5.22. The minimum atomic E-state index is 0. The molecule has 1 fully saturated rings. The van der Waals surface area contributed by atoms with Crippen LogP contribution in [0.4, 0.5) is 0 Å². The molecule has 2 heterocycles. The first-order chi connectivity index (χ1) is 11.3. The molecule has 24 heavy (non-hydrogen) atoms. The van der Waals surface area contributed by atoms with Crippen molar-refractivity contribution in [3.8, 4) is 10.7 Å². The summed E-state index contributed by atoms with van der Waals surface area (Å²) in [4.78, 5) is 17.4. The number of hydrogen-bond donors (Lipinski definition) is 2. The number of hydrogen-bond acceptors (Lipinski definition) is 6. The molecule has 8 heteroatoms. The van der Waals surface area contributed by atoms with Crippen LogP contribution in [-0.2, 0) is 11.2 Å². The first-order valence-corrected chi connectivity index (χ1v) is 9.00. The van der Waals surface area contributed by atoms with Gasteiger partial charge in [-0.3, -0.25) is 4.79 Å². The number of nitrogens with zero attached hydrogens (tertiary/aromatic N) is 2. The van der Waals surface area contributed by atoms with Crippen molar-refractivity contribution in [1.29, 1.82) is 0 Å². The molecule has 6 nitrogen and oxygen atoms in total. The number of amides is 1. The molecular weight excluding hydrogens is 348 g/mol. The summed E-state index contributed by atoms with van der Waals surface area (Å²) in [5, 5.41) is 9.04. The summed E-state index contributed by atoms with van der Waals surface area (Å²) in [6, 6.07) is 4.11. The maximum atomic E-state index is 12.1. The molecule has 0 aliphatic heterocycles. The van der Waals surface area contributed by atoms with Crippen LogP contribution in [-0.4, -0.2) is 28.6 Å². The standard InChI is InChI=1S/C16H22N4O2S.ClH/c17-10-11-4-1-2-5-12(11)18-14(21)7-8-15-19-16(20-22-15)13-6-3-9-23-13;/h3,6,9,11-12H,1-2,4-5,7-8,10,17H2,(H,18,21);1H. The fourth-order valence-electron chi connectivity index (χ4n) is 3.04. The van der Waals surface area contributed by atoms with Crippen LogP contribution in [0.5, 0.6) is 0 Å². The lowest BCUT2D eigenvalue weighted by Gasteiger charge is -2.31. The van der Waals surface area contributed by atoms with E-state index in [1.165, 1.54) is 6.42 Å². The predicted molar refractivity (Wildman–Crippen MR) is 96.1 cm³/mol. The summed E-state index contributed by atoms with van der Waals surface area (Å²) in [6.07, 6.45) is 5.33. The fraction of sp³-hybridized carbons (Fsp3) is 0.562. The molecular formula is C16H23ClN4O2S. The van der Waals surface area contributed by atoms with Crippen LogP contribution in [0.25, 0.3) is 10.7 Å². The molecule has 0 bridgehead atoms. The molecule has 2 aromatic heterocycles. The lowest BCUT2D eigenvalue weighted by molar-refractivity contribution is -0.122. The zero-order valence-electron chi connectivity index (χ0n) is 13.4. The normalized spacial score (nSPS) is 20.4. The van der Waals surface area contributed by atoms with Crippen LogP contribution in [0, 0.1) is 5.92 Å². The third-order valence-corrected chi connectivity index (χ3v) is 5.20. The first-order valence-electron chi connectivity index (χ1n) is 8.12. The average Bonchev–Trinajstić information content (AvgIpc) is 3.24. The Balaban J connectivity index is 0.00000208. The van der Waals surface area contributed by atoms with E-state index < -0.39 is 0 Å². The van der Waals surface area contributed by atoms with Gasteiger partial charge in [-0.05, 0) is 36.8 Å². The molecule has 2 atom stereocenters. The Kier molecular flexibility index (Phi) is 7.20. The van der Waals surface area contributed by atoms with E-state index in [4.69, 9.17) is 10.3 Å². The van der Waals surface area contributed by atoms with Gasteiger partial charge in [0, 0.05) is 18.9 Å². The quantitative estimate of drug-likeness (QED) is 0.815. The van der Waals surface area contributed by atoms with E-state index in [9.17, 15) is 4.79 Å². The van der Waals surface area contributed by atoms with E-state index in [0.29, 0.717) is 37.0 Å². The zero-order valence-corrected chi connectivity index (χ0v) is 15.1. The van der Waals surface area contributed by atoms with Crippen molar-refractivity contribution in [2.45, 2.75) is 44.6 Å². The number of carbonyl (C=O) groups excluding carboxylic acids is 1. The van der Waals surface area contributed by atoms with E-state index >= 15 is 0 Å². The number of halogens is 1. The van der Waals surface area contributed by atoms with Gasteiger partial charge in [0.1, 0.15) is 0 Å². The Labute approximate surface area is 151 Å². The molecule has 0 spiro atoms. The minimum absolute atomic E-state index is 0. The van der Waals surface area contributed by atoms with Gasteiger partial charge in [0.15, 0.2) is 0 Å². The maximum absolute atomic E-state index is 12.1. The second-order valence-electron chi connectivity index (χ2n) is 5.94. The third-order valence-electron chi connectivity index (χ3n) is 4.33. The Morgan fingerprint density at radius 1 is 1.42 bits per heavy atom. The number of rotatable bonds is 6. The number of thiophene rings is 1. The molecule has 3 N–H and O–H groups in total. The molecule has 1 aliphatic carbocycles. The minimum Gasteiger partial charge on any atom is -0.353 e. The summed E-state index contributed by atoms with van der Waals surface area (Å²) >= 11 is 1.56. The van der Waals surface area contributed by atoms with Crippen LogP contribution in [0.15, 0.2) is 22.0 Å². The molecule has 1 amide bonds. The van der Waals surface area contributed by atoms with Crippen LogP contribution in [0.2, 0.25) is 0 Å². The van der Waals surface area contributed by atoms with E-state index in [2.05, 4.69) is 15.5 Å². The van der Waals surface area contributed by atoms with Gasteiger partial charge >= 0.3 is 0 Å². The molecule has 2 unspecified atom stereocenters. The molecule has 1 aliphatic rings. The van der Waals surface area contributed by atoms with Crippen LogP contribution in [0.1, 0.15) is 38.0 Å². The predicted octanol–water partition coefficient (Wildman–Crippen LogP) is 2.79. The second kappa shape index (κ2) is 9.15. The Bertz CT molecular complexity index is 632. The van der Waals surface area contributed by atoms with Gasteiger partial charge in [0.05, 0.1) is 4.88 Å². The van der Waals surface area contributed by atoms with Crippen molar-refractivity contribution in [3.05, 3.63) is 23.4 Å². The van der Waals surface area contributed by atoms with Crippen LogP contribution >= 0.6 is 23.7 Å². The first kappa shape index (κ1) is 18.9. The third kappa shape index (κ3) is 4.78. The molecule has 2 aromatic rings. The smallest absolute Gasteiger partial charge is 0.227 e. The van der Waals surface area contributed by atoms with Crippen molar-refractivity contribution in [2.75, 3.05) is 6.54 Å². The molecule has 132 valence electrons. The number of aryl methyl sites for hydroxylation is 1. The maximum Gasteiger partial charge on any atom is 0.227 e. The number of aromatic nitrogens is 2. The highest BCUT2D eigenvalue weighted by molar-refractivity contribution is 7.13. The van der Waals surface area contributed by atoms with Crippen molar-refractivity contribution < 1.29 is 9.32 Å². The SMILES string of the molecule is Cl.NCC1CCCCC1NC(=O)CCc1nc(-c2cccs2)no1. The van der Waals surface area contributed by atoms with E-state index in [1.807, 2.05) is 17.5 Å². The van der Waals surface area contributed by atoms with Crippen molar-refractivity contribution in [2.24, 2.45) is 11.7 Å². The lowest BCUT2D eigenvalue weighted by Crippen LogP contribution is -2.44. The van der Waals surface area contributed by atoms with E-state index in [1.54, 1.807) is 11.3 Å². The topological polar surface area (TPSA) is 94.0 Å². The highest BCUT2D eigenvalue weighted by atomic mass is 35.5. The van der Waals surface area contributed by atoms with Crippen LogP contribution < -0.4 is 11.1 Å². The summed E-state index contributed by atoms with van der Waals surface area (Å²) in [6.45, 7) is 0.638. The number of nitrogens with two attached hydrogens (primary N) is 1. The summed E-state index contributed by atoms with van der Waals surface area (Å²) in [5.41, 5.74) is 5.80. The Morgan fingerprint density at radius 2 is 2.25 bits per heavy atom. The summed E-state index contributed by atoms with van der Waals surface area (Å²) in [7, 11) is 0. The molecule has 0 radical (unpaired) electrons. The highest BCUT2D eigenvalue weighted by Crippen LogP contribution is 2.24. The van der Waals surface area contributed by atoms with Gasteiger partial charge < -0.3 is 15.6 Å². The number of carbonyl (C=O) groups is 1. The van der Waals surface area contributed by atoms with E-state index in [-0.39, 0.29) is 24.4 Å². The highest BCUT2D eigenvalue weighted by Gasteiger charge is 2.25. The van der Waals surface area contributed by atoms with Gasteiger partial charge in [0.2, 0.25) is 17.6 Å². The average molecular weight is 371 g/mol. The van der Waals surface area contributed by atoms with Gasteiger partial charge in [-0.15, -0.1) is 23.7 Å². The molecule has 0 aromatic carbocycles. The second-order valence-corrected chi connectivity index (χ2v) is 6.89. The van der Waals surface area contributed by atoms with Crippen molar-refractivity contribution >= 4 is 29.7 Å². The summed E-state index contributed by atoms with van der Waals surface area (Å²) in [5.74, 6) is 1.53. The Morgan fingerprint density at radius 3 is 3.00 bits per heavy atom. The van der Waals surface area contributed by atoms with Crippen molar-refractivity contribution in [3.63, 3.8) is 0 Å². The van der Waals surface area contributed by atoms with Crippen molar-refractivity contribution in [1.82, 2.24) is 15.5 Å². The van der Waals surface area contributed by atoms with Gasteiger partial charge in [-0.1, -0.05) is 24.1 Å². The van der Waals surface area contributed by atoms with Gasteiger partial charge in [-0.25, -0.2) is 0 Å². The lowest BCUT2D eigenvalue weighted by atomic mass is 9.84.